The molecule has 8 heteroatoms. The van der Waals surface area contributed by atoms with Crippen molar-refractivity contribution < 1.29 is 4.79 Å². The molecule has 1 amide bonds. The van der Waals surface area contributed by atoms with Crippen LogP contribution in [0.2, 0.25) is 0 Å². The van der Waals surface area contributed by atoms with Gasteiger partial charge in [0.05, 0.1) is 12.1 Å². The third-order valence-electron chi connectivity index (χ3n) is 5.24. The Labute approximate surface area is 212 Å². The van der Waals surface area contributed by atoms with E-state index in [9.17, 15) is 4.79 Å². The van der Waals surface area contributed by atoms with Crippen molar-refractivity contribution in [2.75, 3.05) is 5.32 Å². The van der Waals surface area contributed by atoms with Gasteiger partial charge in [-0.3, -0.25) is 9.36 Å². The zero-order valence-electron chi connectivity index (χ0n) is 18.9. The Balaban J connectivity index is 1.27. The van der Waals surface area contributed by atoms with Crippen LogP contribution in [0.4, 0.5) is 5.69 Å². The van der Waals surface area contributed by atoms with Gasteiger partial charge in [-0.05, 0) is 29.8 Å². The van der Waals surface area contributed by atoms with Crippen LogP contribution in [0.15, 0.2) is 102 Å². The summed E-state index contributed by atoms with van der Waals surface area (Å²) in [4.78, 5) is 17.0. The lowest BCUT2D eigenvalue weighted by molar-refractivity contribution is -0.115. The summed E-state index contributed by atoms with van der Waals surface area (Å²) in [5, 5.41) is 15.5. The van der Waals surface area contributed by atoms with E-state index < -0.39 is 0 Å². The zero-order valence-corrected chi connectivity index (χ0v) is 20.5. The van der Waals surface area contributed by atoms with Gasteiger partial charge in [-0.15, -0.1) is 21.5 Å². The molecule has 2 heterocycles. The Hall–Kier alpha value is -3.75. The topological polar surface area (TPSA) is 72.7 Å². The number of amides is 1. The number of hydrogen-bond donors (Lipinski definition) is 1. The molecule has 0 aliphatic carbocycles. The normalized spacial score (nSPS) is 10.9. The third kappa shape index (κ3) is 6.03. The first-order valence-corrected chi connectivity index (χ1v) is 13.1. The van der Waals surface area contributed by atoms with Gasteiger partial charge in [-0.2, -0.15) is 0 Å². The maximum atomic E-state index is 12.4. The molecular weight excluding hydrogens is 474 g/mol. The predicted molar refractivity (Wildman–Crippen MR) is 141 cm³/mol. The molecule has 0 saturated carbocycles. The number of carbonyl (C=O) groups excluding carboxylic acids is 1. The number of hydrogen-bond acceptors (Lipinski definition) is 6. The van der Waals surface area contributed by atoms with Crippen molar-refractivity contribution in [1.82, 2.24) is 19.7 Å². The van der Waals surface area contributed by atoms with Crippen LogP contribution in [0.3, 0.4) is 0 Å². The van der Waals surface area contributed by atoms with Crippen molar-refractivity contribution in [3.05, 3.63) is 118 Å². The lowest BCUT2D eigenvalue weighted by Gasteiger charge is -2.10. The monoisotopic (exact) mass is 497 g/mol. The fourth-order valence-corrected chi connectivity index (χ4v) is 5.38. The van der Waals surface area contributed by atoms with Crippen LogP contribution >= 0.6 is 23.1 Å². The van der Waals surface area contributed by atoms with Crippen molar-refractivity contribution >= 4 is 34.7 Å². The Morgan fingerprint density at radius 3 is 2.31 bits per heavy atom. The second kappa shape index (κ2) is 11.1. The molecule has 0 atom stereocenters. The van der Waals surface area contributed by atoms with Gasteiger partial charge in [0.1, 0.15) is 10.8 Å². The molecule has 0 radical (unpaired) electrons. The molecule has 0 aliphatic heterocycles. The van der Waals surface area contributed by atoms with Gasteiger partial charge in [0.2, 0.25) is 5.91 Å². The van der Waals surface area contributed by atoms with Crippen LogP contribution in [0.25, 0.3) is 5.69 Å². The third-order valence-corrected chi connectivity index (χ3v) is 7.10. The smallest absolute Gasteiger partial charge is 0.231 e. The van der Waals surface area contributed by atoms with Gasteiger partial charge in [0, 0.05) is 28.9 Å². The fourth-order valence-electron chi connectivity index (χ4n) is 3.62. The Bertz CT molecular complexity index is 1390. The number of thioether (sulfide) groups is 1. The molecule has 0 unspecified atom stereocenters. The quantitative estimate of drug-likeness (QED) is 0.261. The molecule has 3 aromatic carbocycles. The number of anilines is 1. The van der Waals surface area contributed by atoms with Crippen molar-refractivity contribution in [1.29, 1.82) is 0 Å². The number of carbonyl (C=O) groups is 1. The second-order valence-electron chi connectivity index (χ2n) is 7.84. The van der Waals surface area contributed by atoms with E-state index in [4.69, 9.17) is 0 Å². The number of rotatable bonds is 9. The van der Waals surface area contributed by atoms with E-state index >= 15 is 0 Å². The predicted octanol–water partition coefficient (Wildman–Crippen LogP) is 5.79. The summed E-state index contributed by atoms with van der Waals surface area (Å²) in [5.74, 6) is 1.47. The molecule has 0 bridgehead atoms. The van der Waals surface area contributed by atoms with E-state index in [1.807, 2.05) is 72.1 Å². The van der Waals surface area contributed by atoms with Crippen LogP contribution in [-0.4, -0.2) is 25.7 Å². The molecule has 1 N–H and O–H groups in total. The van der Waals surface area contributed by atoms with Crippen LogP contribution in [-0.2, 0) is 23.4 Å². The summed E-state index contributed by atoms with van der Waals surface area (Å²) >= 11 is 3.10. The molecule has 0 aliphatic rings. The lowest BCUT2D eigenvalue weighted by atomic mass is 10.1. The maximum Gasteiger partial charge on any atom is 0.231 e. The largest absolute Gasteiger partial charge is 0.326 e. The van der Waals surface area contributed by atoms with Crippen LogP contribution in [0, 0.1) is 0 Å². The highest BCUT2D eigenvalue weighted by Crippen LogP contribution is 2.27. The molecule has 2 aromatic heterocycles. The van der Waals surface area contributed by atoms with Crippen molar-refractivity contribution in [2.45, 2.75) is 23.8 Å². The molecule has 0 fully saturated rings. The summed E-state index contributed by atoms with van der Waals surface area (Å²) in [5.41, 5.74) is 3.93. The summed E-state index contributed by atoms with van der Waals surface area (Å²) in [6.07, 6.45) is 0.951. The average Bonchev–Trinajstić information content (AvgIpc) is 3.51. The van der Waals surface area contributed by atoms with Crippen molar-refractivity contribution in [3.63, 3.8) is 0 Å². The van der Waals surface area contributed by atoms with Gasteiger partial charge in [0.25, 0.3) is 0 Å². The van der Waals surface area contributed by atoms with Gasteiger partial charge in [-0.1, -0.05) is 78.5 Å². The van der Waals surface area contributed by atoms with E-state index in [0.717, 1.165) is 33.1 Å². The van der Waals surface area contributed by atoms with Gasteiger partial charge in [-0.25, -0.2) is 4.98 Å². The maximum absolute atomic E-state index is 12.4. The van der Waals surface area contributed by atoms with Crippen LogP contribution < -0.4 is 5.32 Å². The summed E-state index contributed by atoms with van der Waals surface area (Å²) < 4.78 is 2.11. The Morgan fingerprint density at radius 2 is 1.57 bits per heavy atom. The van der Waals surface area contributed by atoms with Gasteiger partial charge < -0.3 is 5.32 Å². The first-order chi connectivity index (χ1) is 17.2. The van der Waals surface area contributed by atoms with E-state index in [-0.39, 0.29) is 12.3 Å². The highest BCUT2D eigenvalue weighted by molar-refractivity contribution is 7.98. The second-order valence-corrected chi connectivity index (χ2v) is 9.73. The van der Waals surface area contributed by atoms with Crippen LogP contribution in [0.5, 0.6) is 0 Å². The molecule has 5 rings (SSSR count). The molecule has 0 saturated heterocycles. The standard InChI is InChI=1S/C27H23N5OS2/c33-25(28-21-12-6-2-7-13-21)17-26-29-22(18-34-26)19-35-27-31-30-24(16-20-10-4-1-5-11-20)32(27)23-14-8-3-9-15-23/h1-15,18H,16-17,19H2,(H,28,33). The summed E-state index contributed by atoms with van der Waals surface area (Å²) in [7, 11) is 0. The summed E-state index contributed by atoms with van der Waals surface area (Å²) in [6, 6.07) is 29.9. The van der Waals surface area contributed by atoms with Crippen LogP contribution in [0.1, 0.15) is 22.1 Å². The SMILES string of the molecule is O=C(Cc1nc(CSc2nnc(Cc3ccccc3)n2-c2ccccc2)cs1)Nc1ccccc1. The summed E-state index contributed by atoms with van der Waals surface area (Å²) in [6.45, 7) is 0. The van der Waals surface area contributed by atoms with Crippen molar-refractivity contribution in [2.24, 2.45) is 0 Å². The average molecular weight is 498 g/mol. The Kier molecular flexibility index (Phi) is 7.31. The van der Waals surface area contributed by atoms with E-state index in [2.05, 4.69) is 49.3 Å². The number of nitrogens with zero attached hydrogens (tertiary/aromatic N) is 4. The molecule has 174 valence electrons. The van der Waals surface area contributed by atoms with Crippen molar-refractivity contribution in [3.8, 4) is 5.69 Å². The molecular formula is C27H23N5OS2. The highest BCUT2D eigenvalue weighted by Gasteiger charge is 2.16. The molecule has 0 spiro atoms. The number of aromatic nitrogens is 4. The first-order valence-electron chi connectivity index (χ1n) is 11.2. The fraction of sp³-hybridized carbons (Fsp3) is 0.111. The number of para-hydroxylation sites is 2. The minimum absolute atomic E-state index is 0.0703. The highest BCUT2D eigenvalue weighted by atomic mass is 32.2. The molecule has 6 nitrogen and oxygen atoms in total. The van der Waals surface area contributed by atoms with E-state index in [1.54, 1.807) is 11.8 Å². The van der Waals surface area contributed by atoms with E-state index in [0.29, 0.717) is 12.2 Å². The number of thiazole rings is 1. The van der Waals surface area contributed by atoms with E-state index in [1.165, 1.54) is 16.9 Å². The molecule has 5 aromatic rings. The minimum Gasteiger partial charge on any atom is -0.326 e. The van der Waals surface area contributed by atoms with Gasteiger partial charge >= 0.3 is 0 Å². The Morgan fingerprint density at radius 1 is 0.886 bits per heavy atom. The minimum atomic E-state index is -0.0703. The number of benzene rings is 3. The van der Waals surface area contributed by atoms with Gasteiger partial charge in [0.15, 0.2) is 5.16 Å². The zero-order chi connectivity index (χ0) is 23.9. The molecule has 35 heavy (non-hydrogen) atoms. The number of nitrogens with one attached hydrogen (secondary N) is 1. The first kappa shape index (κ1) is 23.0. The lowest BCUT2D eigenvalue weighted by Crippen LogP contribution is -2.14.